The third kappa shape index (κ3) is 5.50. The molecule has 0 saturated carbocycles. The molecular weight excluding hydrogens is 296 g/mol. The molecular formula is C21H28N2O. The summed E-state index contributed by atoms with van der Waals surface area (Å²) in [5.74, 6) is 0.488. The first kappa shape index (κ1) is 18.2. The van der Waals surface area contributed by atoms with Crippen LogP contribution in [-0.2, 0) is 11.3 Å². The largest absolute Gasteiger partial charge is 0.352 e. The van der Waals surface area contributed by atoms with Crippen LogP contribution in [0.2, 0.25) is 0 Å². The topological polar surface area (TPSA) is 55.1 Å². The summed E-state index contributed by atoms with van der Waals surface area (Å²) >= 11 is 0. The van der Waals surface area contributed by atoms with Gasteiger partial charge in [-0.3, -0.25) is 4.79 Å². The molecule has 2 aromatic carbocycles. The van der Waals surface area contributed by atoms with Crippen LogP contribution in [0.15, 0.2) is 48.5 Å². The number of rotatable bonds is 6. The Morgan fingerprint density at radius 1 is 1.08 bits per heavy atom. The summed E-state index contributed by atoms with van der Waals surface area (Å²) in [5, 5.41) is 2.94. The first-order chi connectivity index (χ1) is 11.2. The fraction of sp³-hybridized carbons (Fsp3) is 0.381. The van der Waals surface area contributed by atoms with E-state index in [9.17, 15) is 4.79 Å². The molecule has 128 valence electrons. The van der Waals surface area contributed by atoms with E-state index in [4.69, 9.17) is 5.73 Å². The third-order valence-electron chi connectivity index (χ3n) is 3.92. The Kier molecular flexibility index (Phi) is 5.79. The zero-order valence-electron chi connectivity index (χ0n) is 15.1. The fourth-order valence-electron chi connectivity index (χ4n) is 2.62. The zero-order valence-corrected chi connectivity index (χ0v) is 15.1. The molecule has 0 fully saturated rings. The molecule has 0 spiro atoms. The number of nitrogens with one attached hydrogen (secondary N) is 1. The first-order valence-corrected chi connectivity index (χ1v) is 8.49. The standard InChI is InChI=1S/C21H28N2O/c1-15(2)17-8-6-10-19(12-17)18-9-5-7-16(11-18)14-23-20(24)13-21(3,4)22/h5-12,15H,13-14,22H2,1-4H3,(H,23,24). The van der Waals surface area contributed by atoms with E-state index < -0.39 is 5.54 Å². The van der Waals surface area contributed by atoms with Crippen molar-refractivity contribution in [3.8, 4) is 11.1 Å². The van der Waals surface area contributed by atoms with Crippen molar-refractivity contribution in [3.63, 3.8) is 0 Å². The van der Waals surface area contributed by atoms with Crippen LogP contribution in [-0.4, -0.2) is 11.4 Å². The van der Waals surface area contributed by atoms with Crippen molar-refractivity contribution >= 4 is 5.91 Å². The van der Waals surface area contributed by atoms with Gasteiger partial charge in [0.05, 0.1) is 0 Å². The molecule has 24 heavy (non-hydrogen) atoms. The minimum absolute atomic E-state index is 0.0188. The summed E-state index contributed by atoms with van der Waals surface area (Å²) in [6, 6.07) is 16.9. The molecule has 0 heterocycles. The third-order valence-corrected chi connectivity index (χ3v) is 3.92. The van der Waals surface area contributed by atoms with E-state index in [1.54, 1.807) is 0 Å². The SMILES string of the molecule is CC(C)c1cccc(-c2cccc(CNC(=O)CC(C)(C)N)c2)c1. The van der Waals surface area contributed by atoms with Gasteiger partial charge in [-0.2, -0.15) is 0 Å². The highest BCUT2D eigenvalue weighted by Gasteiger charge is 2.15. The monoisotopic (exact) mass is 324 g/mol. The Hall–Kier alpha value is -2.13. The van der Waals surface area contributed by atoms with E-state index in [2.05, 4.69) is 55.6 Å². The summed E-state index contributed by atoms with van der Waals surface area (Å²) < 4.78 is 0. The molecule has 0 saturated heterocycles. The molecule has 3 nitrogen and oxygen atoms in total. The van der Waals surface area contributed by atoms with E-state index >= 15 is 0 Å². The molecule has 0 atom stereocenters. The number of carbonyl (C=O) groups is 1. The maximum Gasteiger partial charge on any atom is 0.222 e. The van der Waals surface area contributed by atoms with Crippen LogP contribution in [0.25, 0.3) is 11.1 Å². The maximum absolute atomic E-state index is 11.9. The van der Waals surface area contributed by atoms with Gasteiger partial charge in [0.1, 0.15) is 0 Å². The van der Waals surface area contributed by atoms with Gasteiger partial charge in [-0.05, 0) is 48.1 Å². The Labute approximate surface area is 145 Å². The highest BCUT2D eigenvalue weighted by atomic mass is 16.1. The number of amides is 1. The summed E-state index contributed by atoms with van der Waals surface area (Å²) in [7, 11) is 0. The Morgan fingerprint density at radius 2 is 1.71 bits per heavy atom. The maximum atomic E-state index is 11.9. The molecule has 0 aliphatic carbocycles. The minimum Gasteiger partial charge on any atom is -0.352 e. The molecule has 0 bridgehead atoms. The lowest BCUT2D eigenvalue weighted by molar-refractivity contribution is -0.122. The van der Waals surface area contributed by atoms with Crippen LogP contribution >= 0.6 is 0 Å². The summed E-state index contributed by atoms with van der Waals surface area (Å²) in [6.45, 7) is 8.63. The molecule has 3 heteroatoms. The second-order valence-electron chi connectivity index (χ2n) is 7.42. The predicted molar refractivity (Wildman–Crippen MR) is 101 cm³/mol. The van der Waals surface area contributed by atoms with Crippen molar-refractivity contribution < 1.29 is 4.79 Å². The Bertz CT molecular complexity index is 699. The summed E-state index contributed by atoms with van der Waals surface area (Å²) in [6.07, 6.45) is 0.323. The van der Waals surface area contributed by atoms with Gasteiger partial charge in [0, 0.05) is 18.5 Å². The summed E-state index contributed by atoms with van der Waals surface area (Å²) in [4.78, 5) is 11.9. The van der Waals surface area contributed by atoms with E-state index in [1.165, 1.54) is 16.7 Å². The van der Waals surface area contributed by atoms with Gasteiger partial charge in [0.2, 0.25) is 5.91 Å². The lowest BCUT2D eigenvalue weighted by Crippen LogP contribution is -2.38. The van der Waals surface area contributed by atoms with Crippen molar-refractivity contribution in [1.82, 2.24) is 5.32 Å². The second kappa shape index (κ2) is 7.63. The molecule has 0 aromatic heterocycles. The second-order valence-corrected chi connectivity index (χ2v) is 7.42. The molecule has 2 aromatic rings. The molecule has 0 aliphatic rings. The number of carbonyl (C=O) groups excluding carboxylic acids is 1. The Balaban J connectivity index is 2.09. The van der Waals surface area contributed by atoms with Gasteiger partial charge >= 0.3 is 0 Å². The van der Waals surface area contributed by atoms with Crippen LogP contribution in [0.3, 0.4) is 0 Å². The van der Waals surface area contributed by atoms with Crippen LogP contribution in [0.1, 0.15) is 51.2 Å². The van der Waals surface area contributed by atoms with E-state index in [-0.39, 0.29) is 5.91 Å². The van der Waals surface area contributed by atoms with Crippen molar-refractivity contribution in [1.29, 1.82) is 0 Å². The minimum atomic E-state index is -0.483. The zero-order chi connectivity index (χ0) is 17.7. The van der Waals surface area contributed by atoms with E-state index in [0.29, 0.717) is 18.9 Å². The van der Waals surface area contributed by atoms with Crippen LogP contribution in [0.4, 0.5) is 0 Å². The molecule has 0 radical (unpaired) electrons. The molecule has 3 N–H and O–H groups in total. The van der Waals surface area contributed by atoms with Crippen LogP contribution in [0, 0.1) is 0 Å². The van der Waals surface area contributed by atoms with Gasteiger partial charge < -0.3 is 11.1 Å². The van der Waals surface area contributed by atoms with Crippen LogP contribution < -0.4 is 11.1 Å². The predicted octanol–water partition coefficient (Wildman–Crippen LogP) is 4.22. The van der Waals surface area contributed by atoms with Gasteiger partial charge in [0.15, 0.2) is 0 Å². The average molecular weight is 324 g/mol. The normalized spacial score (nSPS) is 11.6. The van der Waals surface area contributed by atoms with Gasteiger partial charge in [-0.25, -0.2) is 0 Å². The molecule has 0 aliphatic heterocycles. The van der Waals surface area contributed by atoms with E-state index in [1.807, 2.05) is 26.0 Å². The van der Waals surface area contributed by atoms with Gasteiger partial charge in [-0.15, -0.1) is 0 Å². The lowest BCUT2D eigenvalue weighted by atomic mass is 9.96. The molecule has 0 unspecified atom stereocenters. The number of benzene rings is 2. The van der Waals surface area contributed by atoms with Crippen molar-refractivity contribution in [3.05, 3.63) is 59.7 Å². The number of hydrogen-bond acceptors (Lipinski definition) is 2. The highest BCUT2D eigenvalue weighted by Crippen LogP contribution is 2.24. The van der Waals surface area contributed by atoms with Crippen molar-refractivity contribution in [2.75, 3.05) is 0 Å². The molecule has 1 amide bonds. The smallest absolute Gasteiger partial charge is 0.222 e. The molecule has 2 rings (SSSR count). The number of nitrogens with two attached hydrogens (primary N) is 1. The Morgan fingerprint density at radius 3 is 2.33 bits per heavy atom. The fourth-order valence-corrected chi connectivity index (χ4v) is 2.62. The van der Waals surface area contributed by atoms with Crippen LogP contribution in [0.5, 0.6) is 0 Å². The quantitative estimate of drug-likeness (QED) is 0.836. The van der Waals surface area contributed by atoms with Crippen molar-refractivity contribution in [2.24, 2.45) is 5.73 Å². The van der Waals surface area contributed by atoms with E-state index in [0.717, 1.165) is 5.56 Å². The highest BCUT2D eigenvalue weighted by molar-refractivity contribution is 5.77. The lowest BCUT2D eigenvalue weighted by Gasteiger charge is -2.17. The summed E-state index contributed by atoms with van der Waals surface area (Å²) in [5.41, 5.74) is 10.2. The average Bonchev–Trinajstić information content (AvgIpc) is 2.52. The number of hydrogen-bond donors (Lipinski definition) is 2. The van der Waals surface area contributed by atoms with Crippen molar-refractivity contribution in [2.45, 2.75) is 52.1 Å². The van der Waals surface area contributed by atoms with Gasteiger partial charge in [0.25, 0.3) is 0 Å². The van der Waals surface area contributed by atoms with Gasteiger partial charge in [-0.1, -0.05) is 56.3 Å². The first-order valence-electron chi connectivity index (χ1n) is 8.49.